The summed E-state index contributed by atoms with van der Waals surface area (Å²) in [5.41, 5.74) is 1.70. The van der Waals surface area contributed by atoms with Crippen LogP contribution in [0.5, 0.6) is 0 Å². The van der Waals surface area contributed by atoms with E-state index in [4.69, 9.17) is 20.9 Å². The van der Waals surface area contributed by atoms with Gasteiger partial charge in [0.05, 0.1) is 16.7 Å². The molecule has 1 amide bonds. The Labute approximate surface area is 165 Å². The zero-order chi connectivity index (χ0) is 19.8. The number of benzene rings is 1. The maximum Gasteiger partial charge on any atom is 0.492 e. The number of carbonyl (C=O) groups is 1. The number of hydrogen-bond acceptors (Lipinski definition) is 4. The van der Waals surface area contributed by atoms with Gasteiger partial charge in [-0.1, -0.05) is 23.7 Å². The van der Waals surface area contributed by atoms with Gasteiger partial charge in [0.2, 0.25) is 5.91 Å². The quantitative estimate of drug-likeness (QED) is 0.806. The molecule has 0 radical (unpaired) electrons. The van der Waals surface area contributed by atoms with E-state index in [0.717, 1.165) is 21.9 Å². The number of fused-ring (bicyclic) bond motifs is 1. The summed E-state index contributed by atoms with van der Waals surface area (Å²) in [6.45, 7) is 9.86. The Morgan fingerprint density at radius 3 is 2.52 bits per heavy atom. The molecule has 1 aliphatic rings. The first-order chi connectivity index (χ1) is 12.6. The molecule has 1 fully saturated rings. The molecule has 1 N–H and O–H groups in total. The van der Waals surface area contributed by atoms with Crippen LogP contribution in [-0.4, -0.2) is 35.8 Å². The second-order valence-electron chi connectivity index (χ2n) is 7.78. The Kier molecular flexibility index (Phi) is 5.34. The third kappa shape index (κ3) is 4.18. The lowest BCUT2D eigenvalue weighted by Crippen LogP contribution is -2.41. The smallest absolute Gasteiger partial charge is 0.400 e. The number of carbonyl (C=O) groups excluding carboxylic acids is 1. The van der Waals surface area contributed by atoms with Crippen LogP contribution in [0.3, 0.4) is 0 Å². The first-order valence-corrected chi connectivity index (χ1v) is 9.32. The van der Waals surface area contributed by atoms with Gasteiger partial charge in [0.25, 0.3) is 0 Å². The summed E-state index contributed by atoms with van der Waals surface area (Å²) in [5, 5.41) is 4.46. The van der Waals surface area contributed by atoms with Gasteiger partial charge in [-0.2, -0.15) is 0 Å². The highest BCUT2D eigenvalue weighted by atomic mass is 35.5. The molecule has 0 spiro atoms. The summed E-state index contributed by atoms with van der Waals surface area (Å²) in [6.07, 6.45) is 3.74. The molecule has 5 nitrogen and oxygen atoms in total. The van der Waals surface area contributed by atoms with E-state index in [1.165, 1.54) is 6.92 Å². The third-order valence-electron chi connectivity index (χ3n) is 5.18. The van der Waals surface area contributed by atoms with Crippen LogP contribution in [0.4, 0.5) is 0 Å². The molecule has 0 unspecified atom stereocenters. The molecule has 1 saturated heterocycles. The fourth-order valence-electron chi connectivity index (χ4n) is 2.89. The second-order valence-corrected chi connectivity index (χ2v) is 8.22. The fourth-order valence-corrected chi connectivity index (χ4v) is 3.06. The fraction of sp³-hybridized carbons (Fsp3) is 0.400. The van der Waals surface area contributed by atoms with Gasteiger partial charge in [-0.15, -0.1) is 0 Å². The third-order valence-corrected chi connectivity index (χ3v) is 5.41. The van der Waals surface area contributed by atoms with Crippen molar-refractivity contribution >= 4 is 41.6 Å². The van der Waals surface area contributed by atoms with Gasteiger partial charge in [-0.25, -0.2) is 0 Å². The maximum absolute atomic E-state index is 11.5. The van der Waals surface area contributed by atoms with Gasteiger partial charge in [0, 0.05) is 30.1 Å². The lowest BCUT2D eigenvalue weighted by Gasteiger charge is -2.32. The molecule has 0 aliphatic carbocycles. The average molecular weight is 387 g/mol. The SMILES string of the molecule is CC(=O)NCC(=Cc1ccnc2cc(Cl)ccc12)B1OC(C)(C)C(C)(C)O1. The lowest BCUT2D eigenvalue weighted by molar-refractivity contribution is -0.118. The van der Waals surface area contributed by atoms with E-state index in [9.17, 15) is 4.79 Å². The van der Waals surface area contributed by atoms with Crippen LogP contribution in [0.2, 0.25) is 5.02 Å². The number of nitrogens with zero attached hydrogens (tertiary/aromatic N) is 1. The zero-order valence-electron chi connectivity index (χ0n) is 16.3. The number of nitrogens with one attached hydrogen (secondary N) is 1. The normalized spacial score (nSPS) is 18.7. The first kappa shape index (κ1) is 19.9. The Bertz CT molecular complexity index is 895. The predicted molar refractivity (Wildman–Crippen MR) is 109 cm³/mol. The van der Waals surface area contributed by atoms with E-state index in [1.54, 1.807) is 6.20 Å². The van der Waals surface area contributed by atoms with Crippen molar-refractivity contribution in [1.29, 1.82) is 0 Å². The van der Waals surface area contributed by atoms with E-state index < -0.39 is 18.3 Å². The minimum atomic E-state index is -0.544. The number of aromatic nitrogens is 1. The summed E-state index contributed by atoms with van der Waals surface area (Å²) >= 11 is 6.08. The van der Waals surface area contributed by atoms with Gasteiger partial charge in [-0.3, -0.25) is 9.78 Å². The number of rotatable bonds is 4. The van der Waals surface area contributed by atoms with Crippen molar-refractivity contribution in [3.05, 3.63) is 46.5 Å². The number of hydrogen-bond donors (Lipinski definition) is 1. The van der Waals surface area contributed by atoms with E-state index in [0.29, 0.717) is 11.6 Å². The molecule has 2 heterocycles. The van der Waals surface area contributed by atoms with Crippen LogP contribution < -0.4 is 5.32 Å². The molecule has 1 aromatic carbocycles. The number of pyridine rings is 1. The van der Waals surface area contributed by atoms with Crippen LogP contribution in [-0.2, 0) is 14.1 Å². The summed E-state index contributed by atoms with van der Waals surface area (Å²) < 4.78 is 12.4. The molecule has 2 aromatic rings. The van der Waals surface area contributed by atoms with Gasteiger partial charge in [0.1, 0.15) is 0 Å². The highest BCUT2D eigenvalue weighted by molar-refractivity contribution is 6.56. The molecular formula is C20H24BClN2O3. The molecule has 0 atom stereocenters. The Morgan fingerprint density at radius 2 is 1.89 bits per heavy atom. The minimum absolute atomic E-state index is 0.108. The molecule has 0 saturated carbocycles. The van der Waals surface area contributed by atoms with Crippen molar-refractivity contribution in [2.75, 3.05) is 6.54 Å². The molecule has 142 valence electrons. The highest BCUT2D eigenvalue weighted by Crippen LogP contribution is 2.39. The van der Waals surface area contributed by atoms with Crippen molar-refractivity contribution in [3.63, 3.8) is 0 Å². The van der Waals surface area contributed by atoms with Crippen LogP contribution >= 0.6 is 11.6 Å². The lowest BCUT2D eigenvalue weighted by atomic mass is 9.76. The van der Waals surface area contributed by atoms with Crippen molar-refractivity contribution in [1.82, 2.24) is 10.3 Å². The molecule has 27 heavy (non-hydrogen) atoms. The van der Waals surface area contributed by atoms with Crippen molar-refractivity contribution in [3.8, 4) is 0 Å². The minimum Gasteiger partial charge on any atom is -0.400 e. The topological polar surface area (TPSA) is 60.5 Å². The van der Waals surface area contributed by atoms with Gasteiger partial charge < -0.3 is 14.6 Å². The maximum atomic E-state index is 11.5. The van der Waals surface area contributed by atoms with Gasteiger partial charge >= 0.3 is 7.12 Å². The Morgan fingerprint density at radius 1 is 1.22 bits per heavy atom. The van der Waals surface area contributed by atoms with Crippen LogP contribution in [0.15, 0.2) is 35.9 Å². The van der Waals surface area contributed by atoms with E-state index >= 15 is 0 Å². The monoisotopic (exact) mass is 386 g/mol. The molecule has 0 bridgehead atoms. The highest BCUT2D eigenvalue weighted by Gasteiger charge is 2.52. The Balaban J connectivity index is 2.03. The zero-order valence-corrected chi connectivity index (χ0v) is 17.1. The molecule has 1 aromatic heterocycles. The first-order valence-electron chi connectivity index (χ1n) is 8.94. The summed E-state index contributed by atoms with van der Waals surface area (Å²) in [6, 6.07) is 7.54. The van der Waals surface area contributed by atoms with E-state index in [1.807, 2.05) is 58.0 Å². The molecule has 1 aliphatic heterocycles. The van der Waals surface area contributed by atoms with E-state index in [2.05, 4.69) is 10.3 Å². The van der Waals surface area contributed by atoms with Crippen molar-refractivity contribution in [2.45, 2.75) is 45.8 Å². The van der Waals surface area contributed by atoms with Gasteiger partial charge in [0.15, 0.2) is 0 Å². The van der Waals surface area contributed by atoms with Crippen LogP contribution in [0, 0.1) is 0 Å². The van der Waals surface area contributed by atoms with Crippen molar-refractivity contribution in [2.24, 2.45) is 0 Å². The van der Waals surface area contributed by atoms with Gasteiger partial charge in [-0.05, 0) is 56.9 Å². The molecular weight excluding hydrogens is 362 g/mol. The summed E-state index contributed by atoms with van der Waals surface area (Å²) in [5.74, 6) is -0.108. The summed E-state index contributed by atoms with van der Waals surface area (Å²) in [4.78, 5) is 15.9. The molecule has 7 heteroatoms. The summed E-state index contributed by atoms with van der Waals surface area (Å²) in [7, 11) is -0.544. The largest absolute Gasteiger partial charge is 0.492 e. The number of amides is 1. The van der Waals surface area contributed by atoms with Crippen LogP contribution in [0.1, 0.15) is 40.2 Å². The van der Waals surface area contributed by atoms with E-state index in [-0.39, 0.29) is 5.91 Å². The Hall–Kier alpha value is -1.89. The van der Waals surface area contributed by atoms with Crippen LogP contribution in [0.25, 0.3) is 17.0 Å². The second kappa shape index (κ2) is 7.26. The van der Waals surface area contributed by atoms with Crippen molar-refractivity contribution < 1.29 is 14.1 Å². The standard InChI is InChI=1S/C20H24BClN2O3/c1-13(25)24-12-15(21-26-19(2,3)20(4,5)27-21)10-14-8-9-23-18-11-16(22)6-7-17(14)18/h6-11H,12H2,1-5H3,(H,24,25). The average Bonchev–Trinajstić information content (AvgIpc) is 2.78. The molecule has 3 rings (SSSR count). The predicted octanol–water partition coefficient (Wildman–Crippen LogP) is 4.04. The number of halogens is 1.